The minimum atomic E-state index is -0.572. The summed E-state index contributed by atoms with van der Waals surface area (Å²) < 4.78 is 27.3. The van der Waals surface area contributed by atoms with E-state index in [0.717, 1.165) is 48.8 Å². The molecule has 27 heavy (non-hydrogen) atoms. The molecule has 6 nitrogen and oxygen atoms in total. The normalized spacial score (nSPS) is 17.4. The fourth-order valence-electron chi connectivity index (χ4n) is 3.11. The minimum absolute atomic E-state index is 0.0369. The van der Waals surface area contributed by atoms with Gasteiger partial charge in [-0.2, -0.15) is 5.10 Å². The van der Waals surface area contributed by atoms with E-state index in [2.05, 4.69) is 15.1 Å². The molecular formula is C18H17Cl2FN4O2. The molecule has 0 bridgehead atoms. The fraction of sp³-hybridized carbons (Fsp3) is 0.389. The molecule has 0 aliphatic carbocycles. The lowest BCUT2D eigenvalue weighted by Gasteiger charge is -2.23. The van der Waals surface area contributed by atoms with E-state index in [1.807, 2.05) is 17.7 Å². The highest BCUT2D eigenvalue weighted by atomic mass is 35.5. The fourth-order valence-corrected chi connectivity index (χ4v) is 3.47. The second-order valence-corrected chi connectivity index (χ2v) is 7.11. The Morgan fingerprint density at radius 3 is 2.93 bits per heavy atom. The molecule has 1 aliphatic rings. The standard InChI is InChI=1S/C18H17Cl2FN4O2/c1-10-12-6-11(27-9-13-14(21)8-22-17(20)16(13)19)7-23-18(12)25(24-10)15-4-2-3-5-26-15/h6-8,15H,2-5,9H2,1H3. The van der Waals surface area contributed by atoms with Gasteiger partial charge in [-0.05, 0) is 32.3 Å². The van der Waals surface area contributed by atoms with E-state index < -0.39 is 5.82 Å². The molecule has 3 aromatic rings. The smallest absolute Gasteiger partial charge is 0.160 e. The van der Waals surface area contributed by atoms with Crippen molar-refractivity contribution in [2.75, 3.05) is 6.61 Å². The van der Waals surface area contributed by atoms with Crippen LogP contribution in [-0.4, -0.2) is 26.4 Å². The number of rotatable bonds is 4. The third-order valence-electron chi connectivity index (χ3n) is 4.54. The van der Waals surface area contributed by atoms with Crippen LogP contribution in [0.3, 0.4) is 0 Å². The molecule has 0 radical (unpaired) electrons. The number of aromatic nitrogens is 4. The SMILES string of the molecule is Cc1nn(C2CCCCO2)c2ncc(OCc3c(F)cnc(Cl)c3Cl)cc12. The van der Waals surface area contributed by atoms with Crippen LogP contribution in [0.4, 0.5) is 4.39 Å². The molecule has 4 heterocycles. The molecule has 1 unspecified atom stereocenters. The molecular weight excluding hydrogens is 394 g/mol. The summed E-state index contributed by atoms with van der Waals surface area (Å²) in [5, 5.41) is 5.52. The van der Waals surface area contributed by atoms with Crippen molar-refractivity contribution in [3.8, 4) is 5.75 Å². The summed E-state index contributed by atoms with van der Waals surface area (Å²) in [6.07, 6.45) is 5.59. The molecule has 1 fully saturated rings. The number of pyridine rings is 2. The molecule has 0 aromatic carbocycles. The van der Waals surface area contributed by atoms with Crippen molar-refractivity contribution in [2.45, 2.75) is 39.0 Å². The highest BCUT2D eigenvalue weighted by molar-refractivity contribution is 6.41. The number of hydrogen-bond acceptors (Lipinski definition) is 5. The van der Waals surface area contributed by atoms with Crippen molar-refractivity contribution in [1.29, 1.82) is 0 Å². The zero-order valence-corrected chi connectivity index (χ0v) is 16.1. The van der Waals surface area contributed by atoms with Crippen LogP contribution in [-0.2, 0) is 11.3 Å². The highest BCUT2D eigenvalue weighted by Gasteiger charge is 2.21. The molecule has 1 saturated heterocycles. The van der Waals surface area contributed by atoms with Gasteiger partial charge in [0.15, 0.2) is 11.9 Å². The van der Waals surface area contributed by atoms with Gasteiger partial charge in [0.2, 0.25) is 0 Å². The van der Waals surface area contributed by atoms with Crippen molar-refractivity contribution in [2.24, 2.45) is 0 Å². The maximum atomic E-state index is 13.9. The Kier molecular flexibility index (Phi) is 5.16. The molecule has 0 spiro atoms. The summed E-state index contributed by atoms with van der Waals surface area (Å²) in [6.45, 7) is 2.55. The average Bonchev–Trinajstić information content (AvgIpc) is 3.02. The highest BCUT2D eigenvalue weighted by Crippen LogP contribution is 2.30. The first-order chi connectivity index (χ1) is 13.0. The van der Waals surface area contributed by atoms with E-state index >= 15 is 0 Å². The monoisotopic (exact) mass is 410 g/mol. The van der Waals surface area contributed by atoms with Gasteiger partial charge in [-0.15, -0.1) is 0 Å². The van der Waals surface area contributed by atoms with Gasteiger partial charge < -0.3 is 9.47 Å². The first-order valence-electron chi connectivity index (χ1n) is 8.62. The largest absolute Gasteiger partial charge is 0.487 e. The van der Waals surface area contributed by atoms with E-state index in [0.29, 0.717) is 5.75 Å². The van der Waals surface area contributed by atoms with Crippen LogP contribution >= 0.6 is 23.2 Å². The topological polar surface area (TPSA) is 62.1 Å². The lowest BCUT2D eigenvalue weighted by atomic mass is 10.2. The van der Waals surface area contributed by atoms with E-state index in [-0.39, 0.29) is 28.6 Å². The van der Waals surface area contributed by atoms with Crippen molar-refractivity contribution >= 4 is 34.2 Å². The van der Waals surface area contributed by atoms with Crippen LogP contribution in [0.2, 0.25) is 10.2 Å². The third-order valence-corrected chi connectivity index (χ3v) is 5.33. The molecule has 0 saturated carbocycles. The van der Waals surface area contributed by atoms with Gasteiger partial charge in [0.1, 0.15) is 23.3 Å². The van der Waals surface area contributed by atoms with Crippen molar-refractivity contribution < 1.29 is 13.9 Å². The Labute approximate surface area is 165 Å². The van der Waals surface area contributed by atoms with Crippen molar-refractivity contribution in [1.82, 2.24) is 19.7 Å². The molecule has 142 valence electrons. The van der Waals surface area contributed by atoms with Gasteiger partial charge in [0.05, 0.1) is 23.1 Å². The predicted molar refractivity (Wildman–Crippen MR) is 99.7 cm³/mol. The van der Waals surface area contributed by atoms with Crippen LogP contribution in [0.1, 0.15) is 36.7 Å². The van der Waals surface area contributed by atoms with Crippen LogP contribution in [0.25, 0.3) is 11.0 Å². The summed E-state index contributed by atoms with van der Waals surface area (Å²) in [5.41, 5.74) is 1.72. The molecule has 4 rings (SSSR count). The summed E-state index contributed by atoms with van der Waals surface area (Å²) in [7, 11) is 0. The van der Waals surface area contributed by atoms with Gasteiger partial charge in [0, 0.05) is 17.6 Å². The van der Waals surface area contributed by atoms with Crippen LogP contribution in [0, 0.1) is 12.7 Å². The van der Waals surface area contributed by atoms with E-state index in [1.165, 1.54) is 0 Å². The third kappa shape index (κ3) is 3.59. The number of nitrogens with zero attached hydrogens (tertiary/aromatic N) is 4. The van der Waals surface area contributed by atoms with E-state index in [1.54, 1.807) is 6.20 Å². The summed E-state index contributed by atoms with van der Waals surface area (Å²) >= 11 is 11.9. The maximum Gasteiger partial charge on any atom is 0.160 e. The second-order valence-electron chi connectivity index (χ2n) is 6.37. The Morgan fingerprint density at radius 2 is 2.15 bits per heavy atom. The Bertz CT molecular complexity index is 989. The van der Waals surface area contributed by atoms with E-state index in [9.17, 15) is 4.39 Å². The second kappa shape index (κ2) is 7.58. The van der Waals surface area contributed by atoms with Gasteiger partial charge in [-0.3, -0.25) is 0 Å². The number of fused-ring (bicyclic) bond motifs is 1. The number of ether oxygens (including phenoxy) is 2. The maximum absolute atomic E-state index is 13.9. The first-order valence-corrected chi connectivity index (χ1v) is 9.38. The Morgan fingerprint density at radius 1 is 1.30 bits per heavy atom. The van der Waals surface area contributed by atoms with E-state index in [4.69, 9.17) is 32.7 Å². The number of aryl methyl sites for hydroxylation is 1. The molecule has 1 aliphatic heterocycles. The number of halogens is 3. The molecule has 0 N–H and O–H groups in total. The quantitative estimate of drug-likeness (QED) is 0.574. The molecule has 1 atom stereocenters. The molecule has 3 aromatic heterocycles. The predicted octanol–water partition coefficient (Wildman–Crippen LogP) is 4.86. The van der Waals surface area contributed by atoms with Crippen LogP contribution in [0.15, 0.2) is 18.5 Å². The van der Waals surface area contributed by atoms with Gasteiger partial charge >= 0.3 is 0 Å². The van der Waals surface area contributed by atoms with Crippen molar-refractivity contribution in [3.05, 3.63) is 45.7 Å². The summed E-state index contributed by atoms with van der Waals surface area (Å²) in [5.74, 6) is -0.0880. The van der Waals surface area contributed by atoms with Gasteiger partial charge in [0.25, 0.3) is 0 Å². The summed E-state index contributed by atoms with van der Waals surface area (Å²) in [6, 6.07) is 1.83. The van der Waals surface area contributed by atoms with Crippen LogP contribution < -0.4 is 4.74 Å². The minimum Gasteiger partial charge on any atom is -0.487 e. The van der Waals surface area contributed by atoms with Crippen LogP contribution in [0.5, 0.6) is 5.75 Å². The average molecular weight is 411 g/mol. The van der Waals surface area contributed by atoms with Gasteiger partial charge in [-0.1, -0.05) is 23.2 Å². The lowest BCUT2D eigenvalue weighted by Crippen LogP contribution is -2.19. The Balaban J connectivity index is 1.59. The zero-order chi connectivity index (χ0) is 19.0. The zero-order valence-electron chi connectivity index (χ0n) is 14.6. The molecule has 0 amide bonds. The Hall–Kier alpha value is -1.96. The number of hydrogen-bond donors (Lipinski definition) is 0. The molecule has 9 heteroatoms. The summed E-state index contributed by atoms with van der Waals surface area (Å²) in [4.78, 5) is 8.14. The lowest BCUT2D eigenvalue weighted by molar-refractivity contribution is -0.0371. The van der Waals surface area contributed by atoms with Crippen molar-refractivity contribution in [3.63, 3.8) is 0 Å². The first kappa shape index (κ1) is 18.4. The van der Waals surface area contributed by atoms with Gasteiger partial charge in [-0.25, -0.2) is 19.0 Å².